The zero-order valence-corrected chi connectivity index (χ0v) is 16.8. The monoisotopic (exact) mass is 439 g/mol. The molecule has 2 rings (SSSR count). The topological polar surface area (TPSA) is 160 Å². The van der Waals surface area contributed by atoms with E-state index in [-0.39, 0.29) is 29.5 Å². The van der Waals surface area contributed by atoms with Gasteiger partial charge < -0.3 is 13.8 Å². The third-order valence-electron chi connectivity index (χ3n) is 3.46. The first-order valence-corrected chi connectivity index (χ1v) is 10.0. The lowest BCUT2D eigenvalue weighted by Gasteiger charge is -2.23. The van der Waals surface area contributed by atoms with Gasteiger partial charge in [-0.15, -0.1) is 0 Å². The highest BCUT2D eigenvalue weighted by atomic mass is 31.2. The summed E-state index contributed by atoms with van der Waals surface area (Å²) < 4.78 is 29.0. The van der Waals surface area contributed by atoms with Crippen molar-refractivity contribution in [3.63, 3.8) is 0 Å². The number of benzene rings is 2. The molecule has 0 amide bonds. The van der Waals surface area contributed by atoms with Crippen molar-refractivity contribution in [1.82, 2.24) is 5.09 Å². The zero-order chi connectivity index (χ0) is 22.3. The van der Waals surface area contributed by atoms with E-state index in [9.17, 15) is 29.6 Å². The van der Waals surface area contributed by atoms with Crippen molar-refractivity contribution < 1.29 is 33.0 Å². The zero-order valence-electron chi connectivity index (χ0n) is 15.9. The first-order valence-electron chi connectivity index (χ1n) is 8.47. The highest BCUT2D eigenvalue weighted by Crippen LogP contribution is 2.45. The molecule has 0 aromatic heterocycles. The molecule has 0 aliphatic rings. The number of nitro benzene ring substituents is 2. The molecule has 0 aliphatic carbocycles. The minimum Gasteiger partial charge on any atom is -0.464 e. The Morgan fingerprint density at radius 1 is 0.967 bits per heavy atom. The SMILES string of the molecule is CC(=O)OC[C@H](C)NP(=O)(Oc1ccc([N+](=O)[O-])cc1)Oc1ccc([N+](=O)[O-])cc1. The van der Waals surface area contributed by atoms with E-state index in [1.807, 2.05) is 0 Å². The van der Waals surface area contributed by atoms with Crippen molar-refractivity contribution in [3.8, 4) is 11.5 Å². The van der Waals surface area contributed by atoms with E-state index in [1.165, 1.54) is 31.2 Å². The van der Waals surface area contributed by atoms with Crippen LogP contribution in [0, 0.1) is 20.2 Å². The van der Waals surface area contributed by atoms with E-state index >= 15 is 0 Å². The summed E-state index contributed by atoms with van der Waals surface area (Å²) in [5.74, 6) is -0.512. The summed E-state index contributed by atoms with van der Waals surface area (Å²) in [4.78, 5) is 31.3. The first kappa shape index (κ1) is 22.8. The summed E-state index contributed by atoms with van der Waals surface area (Å²) in [6, 6.07) is 8.94. The molecule has 1 atom stereocenters. The van der Waals surface area contributed by atoms with Crippen LogP contribution < -0.4 is 14.1 Å². The van der Waals surface area contributed by atoms with Crippen molar-refractivity contribution >= 4 is 25.1 Å². The predicted octanol–water partition coefficient (Wildman–Crippen LogP) is 3.61. The summed E-state index contributed by atoms with van der Waals surface area (Å²) >= 11 is 0. The predicted molar refractivity (Wildman–Crippen MR) is 104 cm³/mol. The molecule has 0 radical (unpaired) electrons. The van der Waals surface area contributed by atoms with Gasteiger partial charge in [-0.2, -0.15) is 5.09 Å². The maximum Gasteiger partial charge on any atom is 0.513 e. The number of nitrogens with zero attached hydrogens (tertiary/aromatic N) is 2. The van der Waals surface area contributed by atoms with Crippen LogP contribution in [0.3, 0.4) is 0 Å². The summed E-state index contributed by atoms with van der Waals surface area (Å²) in [6.07, 6.45) is 0. The summed E-state index contributed by atoms with van der Waals surface area (Å²) in [7, 11) is -4.14. The fourth-order valence-corrected chi connectivity index (χ4v) is 3.71. The van der Waals surface area contributed by atoms with Crippen molar-refractivity contribution in [2.75, 3.05) is 6.61 Å². The van der Waals surface area contributed by atoms with Crippen molar-refractivity contribution in [2.45, 2.75) is 19.9 Å². The number of hydrogen-bond acceptors (Lipinski definition) is 9. The number of hydrogen-bond donors (Lipinski definition) is 1. The number of carbonyl (C=O) groups is 1. The second-order valence-electron chi connectivity index (χ2n) is 6.01. The van der Waals surface area contributed by atoms with Crippen molar-refractivity contribution in [1.29, 1.82) is 0 Å². The van der Waals surface area contributed by atoms with Gasteiger partial charge in [0.15, 0.2) is 0 Å². The van der Waals surface area contributed by atoms with E-state index < -0.39 is 29.6 Å². The Hall–Kier alpha value is -3.50. The molecule has 12 nitrogen and oxygen atoms in total. The molecule has 13 heteroatoms. The lowest BCUT2D eigenvalue weighted by molar-refractivity contribution is -0.385. The molecule has 1 N–H and O–H groups in total. The molecule has 0 saturated carbocycles. The van der Waals surface area contributed by atoms with E-state index in [0.717, 1.165) is 24.3 Å². The molecule has 2 aromatic rings. The van der Waals surface area contributed by atoms with Gasteiger partial charge in [-0.25, -0.2) is 4.57 Å². The Morgan fingerprint density at radius 3 is 1.70 bits per heavy atom. The molecule has 0 fully saturated rings. The number of ether oxygens (including phenoxy) is 1. The van der Waals surface area contributed by atoms with Crippen LogP contribution in [-0.4, -0.2) is 28.5 Å². The standard InChI is InChI=1S/C17H18N3O9P/c1-12(11-27-13(2)21)18-30(26,28-16-7-3-14(4-8-16)19(22)23)29-17-9-5-15(6-10-17)20(24)25/h3-10,12H,11H2,1-2H3,(H,18,26)/t12-/m0/s1. The smallest absolute Gasteiger partial charge is 0.464 e. The van der Waals surface area contributed by atoms with Crippen LogP contribution in [0.4, 0.5) is 11.4 Å². The van der Waals surface area contributed by atoms with E-state index in [1.54, 1.807) is 6.92 Å². The minimum atomic E-state index is -4.14. The highest BCUT2D eigenvalue weighted by molar-refractivity contribution is 7.52. The Morgan fingerprint density at radius 2 is 1.37 bits per heavy atom. The van der Waals surface area contributed by atoms with Crippen LogP contribution >= 0.6 is 7.75 Å². The normalized spacial score (nSPS) is 11.9. The van der Waals surface area contributed by atoms with Crippen molar-refractivity contribution in [3.05, 3.63) is 68.8 Å². The number of nitrogens with one attached hydrogen (secondary N) is 1. The van der Waals surface area contributed by atoms with Gasteiger partial charge in [0.25, 0.3) is 11.4 Å². The molecule has 30 heavy (non-hydrogen) atoms. The van der Waals surface area contributed by atoms with Crippen LogP contribution in [0.15, 0.2) is 48.5 Å². The average Bonchev–Trinajstić information content (AvgIpc) is 2.67. The van der Waals surface area contributed by atoms with E-state index in [2.05, 4.69) is 5.09 Å². The Kier molecular flexibility index (Phi) is 7.45. The van der Waals surface area contributed by atoms with Crippen LogP contribution in [0.5, 0.6) is 11.5 Å². The molecule has 0 bridgehead atoms. The van der Waals surface area contributed by atoms with Crippen LogP contribution in [0.1, 0.15) is 13.8 Å². The minimum absolute atomic E-state index is 0.0121. The summed E-state index contributed by atoms with van der Waals surface area (Å²) in [5.41, 5.74) is -0.380. The summed E-state index contributed by atoms with van der Waals surface area (Å²) in [5, 5.41) is 24.1. The number of non-ortho nitro benzene ring substituents is 2. The quantitative estimate of drug-likeness (QED) is 0.251. The number of rotatable bonds is 10. The molecule has 160 valence electrons. The van der Waals surface area contributed by atoms with Gasteiger partial charge in [0, 0.05) is 31.2 Å². The van der Waals surface area contributed by atoms with Gasteiger partial charge in [0.05, 0.1) is 15.9 Å². The number of nitro groups is 2. The Balaban J connectivity index is 2.23. The Bertz CT molecular complexity index is 900. The van der Waals surface area contributed by atoms with Gasteiger partial charge in [0.1, 0.15) is 18.1 Å². The van der Waals surface area contributed by atoms with Gasteiger partial charge in [-0.3, -0.25) is 25.0 Å². The third kappa shape index (κ3) is 6.83. The average molecular weight is 439 g/mol. The maximum atomic E-state index is 13.3. The number of carbonyl (C=O) groups excluding carboxylic acids is 1. The van der Waals surface area contributed by atoms with Crippen LogP contribution in [-0.2, 0) is 14.1 Å². The molecular weight excluding hydrogens is 421 g/mol. The lowest BCUT2D eigenvalue weighted by Crippen LogP contribution is -2.32. The Labute approximate surface area is 170 Å². The van der Waals surface area contributed by atoms with Gasteiger partial charge in [-0.1, -0.05) is 0 Å². The van der Waals surface area contributed by atoms with Crippen LogP contribution in [0.25, 0.3) is 0 Å². The van der Waals surface area contributed by atoms with Crippen LogP contribution in [0.2, 0.25) is 0 Å². The third-order valence-corrected chi connectivity index (χ3v) is 5.12. The molecule has 0 heterocycles. The molecule has 0 unspecified atom stereocenters. The molecule has 2 aromatic carbocycles. The second kappa shape index (κ2) is 9.81. The number of esters is 1. The van der Waals surface area contributed by atoms with Gasteiger partial charge in [-0.05, 0) is 31.2 Å². The molecule has 0 saturated heterocycles. The second-order valence-corrected chi connectivity index (χ2v) is 7.63. The summed E-state index contributed by atoms with van der Waals surface area (Å²) in [6.45, 7) is 2.65. The maximum absolute atomic E-state index is 13.3. The largest absolute Gasteiger partial charge is 0.513 e. The molecule has 0 spiro atoms. The highest BCUT2D eigenvalue weighted by Gasteiger charge is 2.31. The van der Waals surface area contributed by atoms with E-state index in [0.29, 0.717) is 0 Å². The molecular formula is C17H18N3O9P. The van der Waals surface area contributed by atoms with Gasteiger partial charge in [0.2, 0.25) is 0 Å². The molecule has 0 aliphatic heterocycles. The van der Waals surface area contributed by atoms with E-state index in [4.69, 9.17) is 13.8 Å². The first-order chi connectivity index (χ1) is 14.1. The fraction of sp³-hybridized carbons (Fsp3) is 0.235. The van der Waals surface area contributed by atoms with Gasteiger partial charge >= 0.3 is 13.7 Å². The van der Waals surface area contributed by atoms with Crippen molar-refractivity contribution in [2.24, 2.45) is 0 Å². The lowest BCUT2D eigenvalue weighted by atomic mass is 10.3. The fourth-order valence-electron chi connectivity index (χ4n) is 2.16.